The van der Waals surface area contributed by atoms with E-state index in [2.05, 4.69) is 54.9 Å². The number of nitrogens with two attached hydrogens (primary N) is 1. The number of benzene rings is 1. The molecule has 0 spiro atoms. The maximum absolute atomic E-state index is 5.87. The minimum absolute atomic E-state index is 0.448. The van der Waals surface area contributed by atoms with Crippen molar-refractivity contribution in [1.29, 1.82) is 0 Å². The average Bonchev–Trinajstić information content (AvgIpc) is 2.74. The Morgan fingerprint density at radius 3 is 2.72 bits per heavy atom. The Hall–Kier alpha value is -1.32. The number of nitrogens with zero attached hydrogens (tertiary/aromatic N) is 1. The molecule has 3 nitrogen and oxygen atoms in total. The number of para-hydroxylation sites is 1. The Labute approximate surface area is 109 Å². The van der Waals surface area contributed by atoms with Gasteiger partial charge in [0, 0.05) is 30.2 Å². The third kappa shape index (κ3) is 2.28. The van der Waals surface area contributed by atoms with Gasteiger partial charge < -0.3 is 15.6 Å². The third-order valence-corrected chi connectivity index (χ3v) is 3.32. The minimum atomic E-state index is 0.448. The Morgan fingerprint density at radius 1 is 1.33 bits per heavy atom. The number of hydrogen-bond donors (Lipinski definition) is 2. The number of hydrogen-bond acceptors (Lipinski definition) is 2. The molecule has 0 amide bonds. The van der Waals surface area contributed by atoms with Gasteiger partial charge in [0.1, 0.15) is 0 Å². The van der Waals surface area contributed by atoms with E-state index in [4.69, 9.17) is 5.73 Å². The van der Waals surface area contributed by atoms with Crippen molar-refractivity contribution in [3.05, 3.63) is 35.5 Å². The first-order valence-corrected chi connectivity index (χ1v) is 6.71. The Kier molecular flexibility index (Phi) is 4.04. The number of nitrogens with one attached hydrogen (secondary N) is 1. The van der Waals surface area contributed by atoms with Crippen LogP contribution < -0.4 is 11.1 Å². The van der Waals surface area contributed by atoms with E-state index in [1.54, 1.807) is 0 Å². The zero-order chi connectivity index (χ0) is 13.1. The SMILES string of the molecule is CCNCc1cc2cccc(CN)c2n1C(C)C. The molecule has 3 heteroatoms. The highest BCUT2D eigenvalue weighted by molar-refractivity contribution is 5.84. The predicted octanol–water partition coefficient (Wildman–Crippen LogP) is 2.79. The highest BCUT2D eigenvalue weighted by atomic mass is 15.0. The Morgan fingerprint density at radius 2 is 2.11 bits per heavy atom. The fourth-order valence-corrected chi connectivity index (χ4v) is 2.56. The van der Waals surface area contributed by atoms with Gasteiger partial charge in [-0.05, 0) is 32.0 Å². The lowest BCUT2D eigenvalue weighted by Gasteiger charge is -2.16. The summed E-state index contributed by atoms with van der Waals surface area (Å²) in [4.78, 5) is 0. The van der Waals surface area contributed by atoms with Crippen molar-refractivity contribution in [1.82, 2.24) is 9.88 Å². The molecule has 3 N–H and O–H groups in total. The average molecular weight is 245 g/mol. The molecule has 0 aliphatic carbocycles. The first-order valence-electron chi connectivity index (χ1n) is 6.71. The van der Waals surface area contributed by atoms with Gasteiger partial charge >= 0.3 is 0 Å². The summed E-state index contributed by atoms with van der Waals surface area (Å²) in [7, 11) is 0. The summed E-state index contributed by atoms with van der Waals surface area (Å²) in [5.74, 6) is 0. The molecule has 2 aromatic rings. The van der Waals surface area contributed by atoms with Crippen molar-refractivity contribution < 1.29 is 0 Å². The first kappa shape index (κ1) is 13.1. The maximum Gasteiger partial charge on any atom is 0.0530 e. The lowest BCUT2D eigenvalue weighted by molar-refractivity contribution is 0.571. The van der Waals surface area contributed by atoms with Gasteiger partial charge in [-0.1, -0.05) is 25.1 Å². The molecule has 0 saturated carbocycles. The van der Waals surface area contributed by atoms with Crippen LogP contribution in [-0.4, -0.2) is 11.1 Å². The van der Waals surface area contributed by atoms with Gasteiger partial charge in [-0.3, -0.25) is 0 Å². The summed E-state index contributed by atoms with van der Waals surface area (Å²) in [5.41, 5.74) is 9.72. The Bertz CT molecular complexity index is 526. The molecule has 0 saturated heterocycles. The quantitative estimate of drug-likeness (QED) is 0.850. The highest BCUT2D eigenvalue weighted by Crippen LogP contribution is 2.27. The standard InChI is InChI=1S/C15H23N3/c1-4-17-10-14-8-12-6-5-7-13(9-16)15(12)18(14)11(2)3/h5-8,11,17H,4,9-10,16H2,1-3H3. The second-order valence-electron chi connectivity index (χ2n) is 4.94. The van der Waals surface area contributed by atoms with Gasteiger partial charge in [0.2, 0.25) is 0 Å². The van der Waals surface area contributed by atoms with Crippen LogP contribution in [0.1, 0.15) is 38.1 Å². The summed E-state index contributed by atoms with van der Waals surface area (Å²) in [6, 6.07) is 9.11. The van der Waals surface area contributed by atoms with Crippen molar-refractivity contribution in [3.8, 4) is 0 Å². The zero-order valence-electron chi connectivity index (χ0n) is 11.5. The molecule has 2 rings (SSSR count). The van der Waals surface area contributed by atoms with Crippen LogP contribution >= 0.6 is 0 Å². The highest BCUT2D eigenvalue weighted by Gasteiger charge is 2.13. The minimum Gasteiger partial charge on any atom is -0.341 e. The van der Waals surface area contributed by atoms with Crippen LogP contribution in [0.3, 0.4) is 0 Å². The molecule has 98 valence electrons. The van der Waals surface area contributed by atoms with Crippen molar-refractivity contribution in [2.45, 2.75) is 39.9 Å². The van der Waals surface area contributed by atoms with Gasteiger partial charge in [-0.15, -0.1) is 0 Å². The summed E-state index contributed by atoms with van der Waals surface area (Å²) in [5, 5.41) is 4.70. The van der Waals surface area contributed by atoms with E-state index in [1.807, 2.05) is 0 Å². The normalized spacial score (nSPS) is 11.6. The molecule has 0 fully saturated rings. The summed E-state index contributed by atoms with van der Waals surface area (Å²) < 4.78 is 2.40. The van der Waals surface area contributed by atoms with Crippen LogP contribution in [0.15, 0.2) is 24.3 Å². The van der Waals surface area contributed by atoms with E-state index in [1.165, 1.54) is 22.2 Å². The summed E-state index contributed by atoms with van der Waals surface area (Å²) in [6.45, 7) is 9.07. The molecular weight excluding hydrogens is 222 g/mol. The molecule has 0 bridgehead atoms. The summed E-state index contributed by atoms with van der Waals surface area (Å²) >= 11 is 0. The van der Waals surface area contributed by atoms with Crippen LogP contribution in [0.25, 0.3) is 10.9 Å². The van der Waals surface area contributed by atoms with Crippen molar-refractivity contribution in [3.63, 3.8) is 0 Å². The third-order valence-electron chi connectivity index (χ3n) is 3.32. The fraction of sp³-hybridized carbons (Fsp3) is 0.467. The molecule has 0 aliphatic rings. The number of fused-ring (bicyclic) bond motifs is 1. The lowest BCUT2D eigenvalue weighted by atomic mass is 10.1. The predicted molar refractivity (Wildman–Crippen MR) is 77.6 cm³/mol. The second kappa shape index (κ2) is 5.55. The van der Waals surface area contributed by atoms with Gasteiger partial charge in [-0.2, -0.15) is 0 Å². The molecule has 0 unspecified atom stereocenters. The van der Waals surface area contributed by atoms with Crippen LogP contribution in [0.2, 0.25) is 0 Å². The number of aromatic nitrogens is 1. The second-order valence-corrected chi connectivity index (χ2v) is 4.94. The molecule has 1 aromatic heterocycles. The van der Waals surface area contributed by atoms with Crippen molar-refractivity contribution in [2.75, 3.05) is 6.54 Å². The fourth-order valence-electron chi connectivity index (χ4n) is 2.56. The van der Waals surface area contributed by atoms with Gasteiger partial charge in [0.05, 0.1) is 5.52 Å². The number of rotatable bonds is 5. The van der Waals surface area contributed by atoms with Crippen LogP contribution in [0.4, 0.5) is 0 Å². The monoisotopic (exact) mass is 245 g/mol. The molecule has 0 radical (unpaired) electrons. The van der Waals surface area contributed by atoms with Gasteiger partial charge in [0.15, 0.2) is 0 Å². The van der Waals surface area contributed by atoms with Crippen LogP contribution in [0.5, 0.6) is 0 Å². The molecule has 18 heavy (non-hydrogen) atoms. The molecular formula is C15H23N3. The van der Waals surface area contributed by atoms with Crippen LogP contribution in [-0.2, 0) is 13.1 Å². The smallest absolute Gasteiger partial charge is 0.0530 e. The molecule has 1 heterocycles. The Balaban J connectivity index is 2.61. The van der Waals surface area contributed by atoms with E-state index in [9.17, 15) is 0 Å². The summed E-state index contributed by atoms with van der Waals surface area (Å²) in [6.07, 6.45) is 0. The largest absolute Gasteiger partial charge is 0.341 e. The van der Waals surface area contributed by atoms with Crippen molar-refractivity contribution >= 4 is 10.9 Å². The van der Waals surface area contributed by atoms with E-state index in [0.717, 1.165) is 13.1 Å². The van der Waals surface area contributed by atoms with Gasteiger partial charge in [-0.25, -0.2) is 0 Å². The van der Waals surface area contributed by atoms with E-state index >= 15 is 0 Å². The topological polar surface area (TPSA) is 43.0 Å². The van der Waals surface area contributed by atoms with E-state index in [0.29, 0.717) is 12.6 Å². The van der Waals surface area contributed by atoms with E-state index in [-0.39, 0.29) is 0 Å². The first-order chi connectivity index (χ1) is 8.69. The van der Waals surface area contributed by atoms with Gasteiger partial charge in [0.25, 0.3) is 0 Å². The van der Waals surface area contributed by atoms with E-state index < -0.39 is 0 Å². The maximum atomic E-state index is 5.87. The molecule has 1 aromatic carbocycles. The zero-order valence-corrected chi connectivity index (χ0v) is 11.5. The lowest BCUT2D eigenvalue weighted by Crippen LogP contribution is -2.16. The molecule has 0 aliphatic heterocycles. The molecule has 0 atom stereocenters. The van der Waals surface area contributed by atoms with Crippen molar-refractivity contribution in [2.24, 2.45) is 5.73 Å². The van der Waals surface area contributed by atoms with Crippen LogP contribution in [0, 0.1) is 0 Å².